The van der Waals surface area contributed by atoms with Crippen molar-refractivity contribution >= 4 is 21.6 Å². The zero-order valence-electron chi connectivity index (χ0n) is 18.4. The Labute approximate surface area is 194 Å². The van der Waals surface area contributed by atoms with Crippen molar-refractivity contribution in [2.45, 2.75) is 11.8 Å². The molecule has 0 aromatic heterocycles. The number of hydrogen-bond donors (Lipinski definition) is 1. The van der Waals surface area contributed by atoms with E-state index in [0.717, 1.165) is 16.7 Å². The second-order valence-electron chi connectivity index (χ2n) is 7.72. The Morgan fingerprint density at radius 2 is 1.64 bits per heavy atom. The van der Waals surface area contributed by atoms with E-state index in [1.54, 1.807) is 12.1 Å². The van der Waals surface area contributed by atoms with E-state index in [-0.39, 0.29) is 17.4 Å². The number of aryl methyl sites for hydroxylation is 1. The van der Waals surface area contributed by atoms with E-state index in [0.29, 0.717) is 37.7 Å². The average molecular weight is 467 g/mol. The molecule has 0 radical (unpaired) electrons. The molecule has 3 aromatic carbocycles. The summed E-state index contributed by atoms with van der Waals surface area (Å²) in [7, 11) is -3.65. The highest BCUT2D eigenvalue weighted by atomic mass is 32.2. The van der Waals surface area contributed by atoms with Crippen LogP contribution < -0.4 is 10.1 Å². The molecule has 1 N–H and O–H groups in total. The van der Waals surface area contributed by atoms with Gasteiger partial charge in [0.1, 0.15) is 5.75 Å². The number of carbonyl (C=O) groups excluding carboxylic acids is 1. The van der Waals surface area contributed by atoms with Gasteiger partial charge in [-0.15, -0.1) is 0 Å². The third-order valence-corrected chi connectivity index (χ3v) is 7.32. The van der Waals surface area contributed by atoms with Crippen molar-refractivity contribution in [1.29, 1.82) is 0 Å². The van der Waals surface area contributed by atoms with Gasteiger partial charge in [0.25, 0.3) is 5.91 Å². The van der Waals surface area contributed by atoms with Gasteiger partial charge < -0.3 is 14.8 Å². The molecule has 0 aliphatic carbocycles. The molecule has 1 amide bonds. The van der Waals surface area contributed by atoms with Crippen molar-refractivity contribution in [3.05, 3.63) is 78.4 Å². The lowest BCUT2D eigenvalue weighted by molar-refractivity contribution is -0.118. The Bertz CT molecular complexity index is 1210. The molecule has 0 spiro atoms. The van der Waals surface area contributed by atoms with Crippen LogP contribution in [0.25, 0.3) is 11.1 Å². The van der Waals surface area contributed by atoms with E-state index in [1.165, 1.54) is 10.4 Å². The maximum absolute atomic E-state index is 12.9. The van der Waals surface area contributed by atoms with Crippen molar-refractivity contribution in [3.63, 3.8) is 0 Å². The molecule has 33 heavy (non-hydrogen) atoms. The Kier molecular flexibility index (Phi) is 7.08. The van der Waals surface area contributed by atoms with Crippen LogP contribution in [-0.4, -0.2) is 51.5 Å². The predicted octanol–water partition coefficient (Wildman–Crippen LogP) is 3.70. The predicted molar refractivity (Wildman–Crippen MR) is 127 cm³/mol. The molecule has 1 heterocycles. The first-order valence-electron chi connectivity index (χ1n) is 10.7. The number of morpholine rings is 1. The monoisotopic (exact) mass is 466 g/mol. The maximum Gasteiger partial charge on any atom is 0.262 e. The molecule has 3 aromatic rings. The van der Waals surface area contributed by atoms with Crippen LogP contribution in [0.2, 0.25) is 0 Å². The lowest BCUT2D eigenvalue weighted by Crippen LogP contribution is -2.40. The van der Waals surface area contributed by atoms with Crippen molar-refractivity contribution in [1.82, 2.24) is 4.31 Å². The number of rotatable bonds is 7. The molecule has 0 saturated carbocycles. The quantitative estimate of drug-likeness (QED) is 0.574. The molecule has 4 rings (SSSR count). The molecule has 1 fully saturated rings. The van der Waals surface area contributed by atoms with Gasteiger partial charge in [-0.2, -0.15) is 4.31 Å². The van der Waals surface area contributed by atoms with Gasteiger partial charge in [-0.05, 0) is 47.9 Å². The molecule has 7 nitrogen and oxygen atoms in total. The van der Waals surface area contributed by atoms with Crippen LogP contribution in [0.4, 0.5) is 5.69 Å². The first kappa shape index (κ1) is 23.0. The van der Waals surface area contributed by atoms with Gasteiger partial charge in [0.2, 0.25) is 10.0 Å². The topological polar surface area (TPSA) is 84.9 Å². The SMILES string of the molecule is Cc1ccc(S(=O)(=O)N2CCOCC2)cc1NC(=O)COc1ccc(-c2ccccc2)cc1. The van der Waals surface area contributed by atoms with Crippen LogP contribution in [0, 0.1) is 6.92 Å². The minimum atomic E-state index is -3.65. The fraction of sp³-hybridized carbons (Fsp3) is 0.240. The molecule has 1 aliphatic rings. The summed E-state index contributed by atoms with van der Waals surface area (Å²) in [4.78, 5) is 12.6. The molecule has 0 atom stereocenters. The smallest absolute Gasteiger partial charge is 0.262 e. The van der Waals surface area contributed by atoms with Gasteiger partial charge in [-0.25, -0.2) is 8.42 Å². The van der Waals surface area contributed by atoms with E-state index in [4.69, 9.17) is 9.47 Å². The van der Waals surface area contributed by atoms with Crippen LogP contribution in [0.5, 0.6) is 5.75 Å². The zero-order valence-corrected chi connectivity index (χ0v) is 19.2. The first-order valence-corrected chi connectivity index (χ1v) is 12.1. The van der Waals surface area contributed by atoms with Gasteiger partial charge in [0, 0.05) is 18.8 Å². The number of benzene rings is 3. The summed E-state index contributed by atoms with van der Waals surface area (Å²) in [6.45, 7) is 2.99. The molecule has 0 unspecified atom stereocenters. The third-order valence-electron chi connectivity index (χ3n) is 5.42. The van der Waals surface area contributed by atoms with E-state index in [1.807, 2.05) is 61.5 Å². The molecule has 0 bridgehead atoms. The van der Waals surface area contributed by atoms with E-state index >= 15 is 0 Å². The normalized spacial score (nSPS) is 14.6. The molecular formula is C25H26N2O5S. The summed E-state index contributed by atoms with van der Waals surface area (Å²) in [6.07, 6.45) is 0. The van der Waals surface area contributed by atoms with Gasteiger partial charge in [0.05, 0.1) is 18.1 Å². The lowest BCUT2D eigenvalue weighted by atomic mass is 10.1. The number of hydrogen-bond acceptors (Lipinski definition) is 5. The summed E-state index contributed by atoms with van der Waals surface area (Å²) in [5.41, 5.74) is 3.36. The fourth-order valence-corrected chi connectivity index (χ4v) is 4.98. The molecule has 172 valence electrons. The maximum atomic E-state index is 12.9. The minimum Gasteiger partial charge on any atom is -0.484 e. The summed E-state index contributed by atoms with van der Waals surface area (Å²) < 4.78 is 38.1. The first-order chi connectivity index (χ1) is 15.9. The second kappa shape index (κ2) is 10.2. The van der Waals surface area contributed by atoms with E-state index in [9.17, 15) is 13.2 Å². The lowest BCUT2D eigenvalue weighted by Gasteiger charge is -2.26. The second-order valence-corrected chi connectivity index (χ2v) is 9.66. The average Bonchev–Trinajstić information content (AvgIpc) is 2.85. The van der Waals surface area contributed by atoms with Crippen molar-refractivity contribution in [2.24, 2.45) is 0 Å². The molecule has 8 heteroatoms. The highest BCUT2D eigenvalue weighted by Crippen LogP contribution is 2.24. The van der Waals surface area contributed by atoms with Gasteiger partial charge >= 0.3 is 0 Å². The third kappa shape index (κ3) is 5.60. The number of carbonyl (C=O) groups is 1. The van der Waals surface area contributed by atoms with E-state index < -0.39 is 10.0 Å². The summed E-state index contributed by atoms with van der Waals surface area (Å²) >= 11 is 0. The van der Waals surface area contributed by atoms with Crippen molar-refractivity contribution in [2.75, 3.05) is 38.2 Å². The number of ether oxygens (including phenoxy) is 2. The minimum absolute atomic E-state index is 0.141. The fourth-order valence-electron chi connectivity index (χ4n) is 3.54. The summed E-state index contributed by atoms with van der Waals surface area (Å²) in [6, 6.07) is 22.2. The Hall–Kier alpha value is -3.20. The molecule has 1 saturated heterocycles. The number of nitrogens with zero attached hydrogens (tertiary/aromatic N) is 1. The summed E-state index contributed by atoms with van der Waals surface area (Å²) in [5.74, 6) is 0.205. The van der Waals surface area contributed by atoms with Crippen LogP contribution in [0.1, 0.15) is 5.56 Å². The van der Waals surface area contributed by atoms with Crippen molar-refractivity contribution < 1.29 is 22.7 Å². The van der Waals surface area contributed by atoms with Crippen LogP contribution in [0.15, 0.2) is 77.7 Å². The number of nitrogens with one attached hydrogen (secondary N) is 1. The number of amides is 1. The highest BCUT2D eigenvalue weighted by molar-refractivity contribution is 7.89. The highest BCUT2D eigenvalue weighted by Gasteiger charge is 2.26. The molecule has 1 aliphatic heterocycles. The number of sulfonamides is 1. The largest absolute Gasteiger partial charge is 0.484 e. The van der Waals surface area contributed by atoms with Crippen molar-refractivity contribution in [3.8, 4) is 16.9 Å². The van der Waals surface area contributed by atoms with Crippen LogP contribution in [0.3, 0.4) is 0 Å². The van der Waals surface area contributed by atoms with Gasteiger partial charge in [0.15, 0.2) is 6.61 Å². The zero-order chi connectivity index (χ0) is 23.3. The van der Waals surface area contributed by atoms with Crippen LogP contribution in [-0.2, 0) is 19.6 Å². The number of anilines is 1. The molecular weight excluding hydrogens is 440 g/mol. The Balaban J connectivity index is 1.39. The van der Waals surface area contributed by atoms with Gasteiger partial charge in [-0.3, -0.25) is 4.79 Å². The summed E-state index contributed by atoms with van der Waals surface area (Å²) in [5, 5.41) is 2.76. The van der Waals surface area contributed by atoms with E-state index in [2.05, 4.69) is 5.32 Å². The van der Waals surface area contributed by atoms with Gasteiger partial charge in [-0.1, -0.05) is 48.5 Å². The standard InChI is InChI=1S/C25H26N2O5S/c1-19-7-12-23(33(29,30)27-13-15-31-16-14-27)17-24(19)26-25(28)18-32-22-10-8-21(9-11-22)20-5-3-2-4-6-20/h2-12,17H,13-16,18H2,1H3,(H,26,28). The Morgan fingerprint density at radius 1 is 0.970 bits per heavy atom. The Morgan fingerprint density at radius 3 is 2.33 bits per heavy atom. The van der Waals surface area contributed by atoms with Crippen LogP contribution >= 0.6 is 0 Å².